The molecule has 0 aromatic carbocycles. The Morgan fingerprint density at radius 2 is 2.00 bits per heavy atom. The molecule has 1 unspecified atom stereocenters. The maximum atomic E-state index is 4.83. The second-order valence-electron chi connectivity index (χ2n) is 7.14. The van der Waals surface area contributed by atoms with Crippen molar-refractivity contribution in [2.24, 2.45) is 0 Å². The summed E-state index contributed by atoms with van der Waals surface area (Å²) in [6, 6.07) is 2.66. The fourth-order valence-corrected chi connectivity index (χ4v) is 2.64. The van der Waals surface area contributed by atoms with E-state index in [4.69, 9.17) is 4.98 Å². The van der Waals surface area contributed by atoms with Crippen LogP contribution < -0.4 is 10.2 Å². The summed E-state index contributed by atoms with van der Waals surface area (Å²) < 4.78 is 0. The van der Waals surface area contributed by atoms with Gasteiger partial charge < -0.3 is 15.1 Å². The topological polar surface area (TPSA) is 44.3 Å². The van der Waals surface area contributed by atoms with Gasteiger partial charge in [-0.25, -0.2) is 9.97 Å². The highest BCUT2D eigenvalue weighted by Gasteiger charge is 2.25. The van der Waals surface area contributed by atoms with Crippen LogP contribution in [0.2, 0.25) is 0 Å². The molecule has 0 radical (unpaired) electrons. The molecule has 1 aliphatic rings. The molecule has 5 heteroatoms. The molecule has 1 aromatic rings. The minimum atomic E-state index is -0.0433. The number of hydrogen-bond acceptors (Lipinski definition) is 5. The van der Waals surface area contributed by atoms with Crippen molar-refractivity contribution in [2.75, 3.05) is 44.4 Å². The molecule has 1 atom stereocenters. The molecule has 1 saturated heterocycles. The maximum absolute atomic E-state index is 4.83. The number of piperidine rings is 1. The Labute approximate surface area is 128 Å². The molecule has 2 heterocycles. The van der Waals surface area contributed by atoms with Crippen LogP contribution in [0.4, 0.5) is 11.6 Å². The van der Waals surface area contributed by atoms with E-state index in [1.165, 1.54) is 12.8 Å². The third kappa shape index (κ3) is 3.84. The Morgan fingerprint density at radius 3 is 2.57 bits per heavy atom. The second kappa shape index (κ2) is 6.18. The highest BCUT2D eigenvalue weighted by atomic mass is 15.3. The van der Waals surface area contributed by atoms with Crippen LogP contribution in [0.5, 0.6) is 0 Å². The number of nitrogens with one attached hydrogen (secondary N) is 1. The molecule has 1 fully saturated rings. The highest BCUT2D eigenvalue weighted by molar-refractivity contribution is 5.50. The molecule has 5 nitrogen and oxygen atoms in total. The van der Waals surface area contributed by atoms with Gasteiger partial charge in [0.25, 0.3) is 0 Å². The normalized spacial score (nSPS) is 20.0. The average Bonchev–Trinajstić information content (AvgIpc) is 2.46. The third-order valence-electron chi connectivity index (χ3n) is 4.09. The van der Waals surface area contributed by atoms with Crippen molar-refractivity contribution in [1.29, 1.82) is 0 Å². The molecule has 21 heavy (non-hydrogen) atoms. The summed E-state index contributed by atoms with van der Waals surface area (Å²) in [5, 5.41) is 3.16. The lowest BCUT2D eigenvalue weighted by Crippen LogP contribution is -2.45. The number of aromatic nitrogens is 2. The van der Waals surface area contributed by atoms with Gasteiger partial charge in [0.15, 0.2) is 0 Å². The minimum absolute atomic E-state index is 0.0433. The van der Waals surface area contributed by atoms with Gasteiger partial charge in [-0.3, -0.25) is 0 Å². The zero-order valence-corrected chi connectivity index (χ0v) is 14.3. The largest absolute Gasteiger partial charge is 0.373 e. The van der Waals surface area contributed by atoms with Gasteiger partial charge in [0.05, 0.1) is 0 Å². The van der Waals surface area contributed by atoms with Crippen molar-refractivity contribution in [3.8, 4) is 0 Å². The van der Waals surface area contributed by atoms with E-state index in [2.05, 4.69) is 61.0 Å². The van der Waals surface area contributed by atoms with Gasteiger partial charge in [-0.1, -0.05) is 20.8 Å². The van der Waals surface area contributed by atoms with E-state index in [9.17, 15) is 0 Å². The van der Waals surface area contributed by atoms with Crippen LogP contribution in [0.3, 0.4) is 0 Å². The van der Waals surface area contributed by atoms with Crippen molar-refractivity contribution in [3.63, 3.8) is 0 Å². The summed E-state index contributed by atoms with van der Waals surface area (Å²) in [7, 11) is 6.24. The molecule has 0 amide bonds. The lowest BCUT2D eigenvalue weighted by atomic mass is 9.95. The van der Waals surface area contributed by atoms with Crippen LogP contribution in [0.25, 0.3) is 0 Å². The number of likely N-dealkylation sites (N-methyl/N-ethyl adjacent to an activating group) is 1. The first kappa shape index (κ1) is 16.0. The average molecular weight is 291 g/mol. The molecule has 0 bridgehead atoms. The molecular weight excluding hydrogens is 262 g/mol. The summed E-state index contributed by atoms with van der Waals surface area (Å²) in [6.07, 6.45) is 2.48. The van der Waals surface area contributed by atoms with Crippen LogP contribution in [0, 0.1) is 0 Å². The van der Waals surface area contributed by atoms with Crippen molar-refractivity contribution in [1.82, 2.24) is 14.9 Å². The molecule has 1 aliphatic heterocycles. The summed E-state index contributed by atoms with van der Waals surface area (Å²) in [4.78, 5) is 14.2. The SMILES string of the molecule is CNc1cc(N2CCCC(N(C)C)C2)nc(C(C)(C)C)n1. The molecule has 0 aliphatic carbocycles. The zero-order chi connectivity index (χ0) is 15.6. The number of hydrogen-bond donors (Lipinski definition) is 1. The van der Waals surface area contributed by atoms with Gasteiger partial charge in [0, 0.05) is 37.7 Å². The van der Waals surface area contributed by atoms with Crippen molar-refractivity contribution < 1.29 is 0 Å². The summed E-state index contributed by atoms with van der Waals surface area (Å²) in [6.45, 7) is 8.59. The van der Waals surface area contributed by atoms with Gasteiger partial charge >= 0.3 is 0 Å². The van der Waals surface area contributed by atoms with E-state index in [1.807, 2.05) is 7.05 Å². The minimum Gasteiger partial charge on any atom is -0.373 e. The lowest BCUT2D eigenvalue weighted by Gasteiger charge is -2.37. The Morgan fingerprint density at radius 1 is 1.29 bits per heavy atom. The Balaban J connectivity index is 2.30. The van der Waals surface area contributed by atoms with E-state index in [0.29, 0.717) is 6.04 Å². The van der Waals surface area contributed by atoms with Crippen molar-refractivity contribution in [3.05, 3.63) is 11.9 Å². The second-order valence-corrected chi connectivity index (χ2v) is 7.14. The number of anilines is 2. The Bertz CT molecular complexity index is 478. The number of rotatable bonds is 3. The fourth-order valence-electron chi connectivity index (χ4n) is 2.64. The standard InChI is InChI=1S/C16H29N5/c1-16(2,3)15-18-13(17-4)10-14(19-15)21-9-7-8-12(11-21)20(5)6/h10,12H,7-9,11H2,1-6H3,(H,17,18,19). The van der Waals surface area contributed by atoms with E-state index in [0.717, 1.165) is 30.5 Å². The number of nitrogens with zero attached hydrogens (tertiary/aromatic N) is 4. The van der Waals surface area contributed by atoms with Crippen molar-refractivity contribution in [2.45, 2.75) is 45.1 Å². The van der Waals surface area contributed by atoms with E-state index >= 15 is 0 Å². The first-order chi connectivity index (χ1) is 9.81. The molecule has 2 rings (SSSR count). The smallest absolute Gasteiger partial charge is 0.138 e. The van der Waals surface area contributed by atoms with E-state index in [-0.39, 0.29) is 5.41 Å². The van der Waals surface area contributed by atoms with E-state index < -0.39 is 0 Å². The van der Waals surface area contributed by atoms with Crippen LogP contribution in [0.15, 0.2) is 6.07 Å². The predicted octanol–water partition coefficient (Wildman–Crippen LogP) is 2.35. The Hall–Kier alpha value is -1.36. The lowest BCUT2D eigenvalue weighted by molar-refractivity contribution is 0.257. The van der Waals surface area contributed by atoms with E-state index in [1.54, 1.807) is 0 Å². The summed E-state index contributed by atoms with van der Waals surface area (Å²) in [5.41, 5.74) is -0.0433. The molecule has 118 valence electrons. The van der Waals surface area contributed by atoms with Crippen LogP contribution in [-0.2, 0) is 5.41 Å². The predicted molar refractivity (Wildman–Crippen MR) is 89.2 cm³/mol. The fraction of sp³-hybridized carbons (Fsp3) is 0.750. The van der Waals surface area contributed by atoms with Gasteiger partial charge in [-0.2, -0.15) is 0 Å². The summed E-state index contributed by atoms with van der Waals surface area (Å²) >= 11 is 0. The van der Waals surface area contributed by atoms with Gasteiger partial charge in [-0.05, 0) is 26.9 Å². The Kier molecular flexibility index (Phi) is 4.71. The molecule has 1 N–H and O–H groups in total. The maximum Gasteiger partial charge on any atom is 0.138 e. The zero-order valence-electron chi connectivity index (χ0n) is 14.3. The molecule has 0 saturated carbocycles. The first-order valence-corrected chi connectivity index (χ1v) is 7.80. The third-order valence-corrected chi connectivity index (χ3v) is 4.09. The van der Waals surface area contributed by atoms with Crippen molar-refractivity contribution >= 4 is 11.6 Å². The first-order valence-electron chi connectivity index (χ1n) is 7.80. The molecular formula is C16H29N5. The van der Waals surface area contributed by atoms with Gasteiger partial charge in [-0.15, -0.1) is 0 Å². The highest BCUT2D eigenvalue weighted by Crippen LogP contribution is 2.26. The monoisotopic (exact) mass is 291 g/mol. The van der Waals surface area contributed by atoms with Crippen LogP contribution >= 0.6 is 0 Å². The van der Waals surface area contributed by atoms with Crippen LogP contribution in [-0.4, -0.2) is 55.1 Å². The van der Waals surface area contributed by atoms with Crippen LogP contribution in [0.1, 0.15) is 39.4 Å². The van der Waals surface area contributed by atoms with Gasteiger partial charge in [0.1, 0.15) is 17.5 Å². The molecule has 1 aromatic heterocycles. The molecule has 0 spiro atoms. The quantitative estimate of drug-likeness (QED) is 0.926. The van der Waals surface area contributed by atoms with Gasteiger partial charge in [0.2, 0.25) is 0 Å². The summed E-state index contributed by atoms with van der Waals surface area (Å²) in [5.74, 6) is 2.85.